The lowest BCUT2D eigenvalue weighted by molar-refractivity contribution is 0.515. The molecule has 1 saturated carbocycles. The van der Waals surface area contributed by atoms with Gasteiger partial charge in [0.1, 0.15) is 0 Å². The minimum atomic E-state index is 0.131. The van der Waals surface area contributed by atoms with E-state index < -0.39 is 0 Å². The molecular weight excluding hydrogens is 128 g/mol. The van der Waals surface area contributed by atoms with Crippen LogP contribution in [0.4, 0.5) is 0 Å². The quantitative estimate of drug-likeness (QED) is 0.539. The van der Waals surface area contributed by atoms with Crippen molar-refractivity contribution in [2.24, 2.45) is 0 Å². The van der Waals surface area contributed by atoms with Crippen molar-refractivity contribution in [1.82, 2.24) is 0 Å². The molecule has 1 aliphatic carbocycles. The molecule has 1 heteroatoms. The van der Waals surface area contributed by atoms with Gasteiger partial charge in [0.05, 0.1) is 0 Å². The molecule has 0 aromatic carbocycles. The second kappa shape index (κ2) is 3.50. The van der Waals surface area contributed by atoms with E-state index in [4.69, 9.17) is 0 Å². The monoisotopic (exact) mass is 145 g/mol. The maximum atomic E-state index is 4.13. The normalized spacial score (nSPS) is 24.0. The summed E-state index contributed by atoms with van der Waals surface area (Å²) in [5.74, 6) is 0. The Labute approximate surface area is 61.4 Å². The van der Waals surface area contributed by atoms with Crippen LogP contribution >= 0.6 is 10.9 Å². The molecule has 1 aliphatic rings. The summed E-state index contributed by atoms with van der Waals surface area (Å²) < 4.78 is 0. The summed E-state index contributed by atoms with van der Waals surface area (Å²) in [6, 6.07) is 0. The fourth-order valence-electron chi connectivity index (χ4n) is 1.52. The second-order valence-corrected chi connectivity index (χ2v) is 5.29. The minimum Gasteiger partial charge on any atom is -0.253 e. The third kappa shape index (κ3) is 2.21. The van der Waals surface area contributed by atoms with Gasteiger partial charge in [-0.1, -0.05) is 19.3 Å². The van der Waals surface area contributed by atoms with Crippen LogP contribution < -0.4 is 0 Å². The van der Waals surface area contributed by atoms with E-state index in [1.54, 1.807) is 0 Å². The van der Waals surface area contributed by atoms with Crippen LogP contribution in [-0.2, 0) is 0 Å². The van der Waals surface area contributed by atoms with Gasteiger partial charge in [0.25, 0.3) is 0 Å². The fraction of sp³-hybridized carbons (Fsp3) is 0.875. The van der Waals surface area contributed by atoms with Crippen molar-refractivity contribution in [2.75, 3.05) is 6.26 Å². The number of hydrogen-bond donors (Lipinski definition) is 1. The molecule has 0 saturated heterocycles. The summed E-state index contributed by atoms with van der Waals surface area (Å²) in [6.07, 6.45) is 13.8. The average molecular weight is 145 g/mol. The van der Waals surface area contributed by atoms with Crippen LogP contribution in [-0.4, -0.2) is 11.5 Å². The zero-order valence-corrected chi connectivity index (χ0v) is 7.16. The molecule has 0 amide bonds. The van der Waals surface area contributed by atoms with Gasteiger partial charge in [0.2, 0.25) is 0 Å². The first-order valence-corrected chi connectivity index (χ1v) is 5.88. The van der Waals surface area contributed by atoms with E-state index in [9.17, 15) is 0 Å². The average Bonchev–Trinajstić information content (AvgIpc) is 1.90. The molecule has 1 rings (SSSR count). The van der Waals surface area contributed by atoms with E-state index in [1.165, 1.54) is 32.1 Å². The minimum absolute atomic E-state index is 0.131. The molecule has 0 heterocycles. The van der Waals surface area contributed by atoms with Crippen LogP contribution in [0.1, 0.15) is 32.1 Å². The van der Waals surface area contributed by atoms with Crippen molar-refractivity contribution in [3.8, 4) is 0 Å². The van der Waals surface area contributed by atoms with Crippen LogP contribution in [0.5, 0.6) is 0 Å². The van der Waals surface area contributed by atoms with Crippen molar-refractivity contribution < 1.29 is 0 Å². The highest BCUT2D eigenvalue weighted by Crippen LogP contribution is 2.35. The molecule has 0 N–H and O–H groups in total. The van der Waals surface area contributed by atoms with E-state index in [2.05, 4.69) is 12.5 Å². The van der Waals surface area contributed by atoms with Gasteiger partial charge in [-0.2, -0.15) is 0 Å². The van der Waals surface area contributed by atoms with E-state index in [1.807, 2.05) is 0 Å². The van der Waals surface area contributed by atoms with Gasteiger partial charge in [-0.3, -0.25) is 10.9 Å². The van der Waals surface area contributed by atoms with Gasteiger partial charge in [-0.25, -0.2) is 0 Å². The van der Waals surface area contributed by atoms with E-state index in [-0.39, 0.29) is 10.9 Å². The van der Waals surface area contributed by atoms with E-state index >= 15 is 0 Å². The molecule has 0 nitrogen and oxygen atoms in total. The largest absolute Gasteiger partial charge is 0.253 e. The second-order valence-electron chi connectivity index (χ2n) is 3.05. The molecular formula is C8H17S. The van der Waals surface area contributed by atoms with Crippen LogP contribution in [0.25, 0.3) is 0 Å². The molecule has 1 unspecified atom stereocenters. The highest BCUT2D eigenvalue weighted by molar-refractivity contribution is 8.18. The van der Waals surface area contributed by atoms with Crippen LogP contribution in [0.3, 0.4) is 0 Å². The van der Waals surface area contributed by atoms with E-state index in [0.717, 1.165) is 5.25 Å². The van der Waals surface area contributed by atoms with Crippen LogP contribution in [0, 0.1) is 6.26 Å². The molecule has 55 valence electrons. The van der Waals surface area contributed by atoms with Gasteiger partial charge < -0.3 is 0 Å². The van der Waals surface area contributed by atoms with Crippen molar-refractivity contribution in [3.63, 3.8) is 0 Å². The predicted molar refractivity (Wildman–Crippen MR) is 47.1 cm³/mol. The maximum absolute atomic E-state index is 4.13. The summed E-state index contributed by atoms with van der Waals surface area (Å²) >= 11 is 0. The van der Waals surface area contributed by atoms with Gasteiger partial charge in [-0.15, -0.1) is 0 Å². The van der Waals surface area contributed by atoms with Crippen molar-refractivity contribution in [2.45, 2.75) is 37.4 Å². The summed E-state index contributed by atoms with van der Waals surface area (Å²) in [6.45, 7) is 0. The first-order valence-electron chi connectivity index (χ1n) is 3.84. The number of thiol groups is 1. The predicted octanol–water partition coefficient (Wildman–Crippen LogP) is 2.74. The summed E-state index contributed by atoms with van der Waals surface area (Å²) in [4.78, 5) is 0. The van der Waals surface area contributed by atoms with Crippen molar-refractivity contribution >= 4 is 10.9 Å². The smallest absolute Gasteiger partial charge is 0.0139 e. The molecule has 0 bridgehead atoms. The van der Waals surface area contributed by atoms with Gasteiger partial charge >= 0.3 is 0 Å². The summed E-state index contributed by atoms with van der Waals surface area (Å²) in [7, 11) is 0.131. The molecule has 1 atom stereocenters. The Morgan fingerprint density at radius 3 is 2.11 bits per heavy atom. The molecule has 0 aromatic heterocycles. The molecule has 9 heavy (non-hydrogen) atoms. The Hall–Kier alpha value is 0.350. The molecule has 0 aliphatic heterocycles. The molecule has 0 spiro atoms. The summed E-state index contributed by atoms with van der Waals surface area (Å²) in [5, 5.41) is 1.01. The highest BCUT2D eigenvalue weighted by atomic mass is 32.2. The fourth-order valence-corrected chi connectivity index (χ4v) is 2.77. The van der Waals surface area contributed by atoms with Gasteiger partial charge in [-0.05, 0) is 30.6 Å². The Bertz CT molecular complexity index is 72.6. The highest BCUT2D eigenvalue weighted by Gasteiger charge is 2.13. The lowest BCUT2D eigenvalue weighted by atomic mass is 10.0. The zero-order valence-electron chi connectivity index (χ0n) is 6.27. The standard InChI is InChI=1S/C8H17S/c1-9(2)8-6-4-3-5-7-8/h8-9H,1,3-7H2,2H3. The molecule has 1 radical (unpaired) electrons. The molecule has 1 fully saturated rings. The molecule has 0 aromatic rings. The lowest BCUT2D eigenvalue weighted by Crippen LogP contribution is -2.10. The summed E-state index contributed by atoms with van der Waals surface area (Å²) in [5.41, 5.74) is 0. The first kappa shape index (κ1) is 7.46. The number of hydrogen-bond acceptors (Lipinski definition) is 0. The Morgan fingerprint density at radius 2 is 1.78 bits per heavy atom. The van der Waals surface area contributed by atoms with E-state index in [0.29, 0.717) is 0 Å². The zero-order chi connectivity index (χ0) is 6.69. The van der Waals surface area contributed by atoms with Gasteiger partial charge in [0.15, 0.2) is 0 Å². The third-order valence-corrected chi connectivity index (χ3v) is 3.96. The van der Waals surface area contributed by atoms with Gasteiger partial charge in [0, 0.05) is 0 Å². The third-order valence-electron chi connectivity index (χ3n) is 2.20. The number of rotatable bonds is 1. The Balaban J connectivity index is 2.23. The Morgan fingerprint density at radius 1 is 1.22 bits per heavy atom. The maximum Gasteiger partial charge on any atom is -0.0139 e. The lowest BCUT2D eigenvalue weighted by Gasteiger charge is -2.27. The topological polar surface area (TPSA) is 0 Å². The van der Waals surface area contributed by atoms with Crippen molar-refractivity contribution in [1.29, 1.82) is 0 Å². The van der Waals surface area contributed by atoms with Crippen LogP contribution in [0.2, 0.25) is 0 Å². The van der Waals surface area contributed by atoms with Crippen LogP contribution in [0.15, 0.2) is 0 Å². The van der Waals surface area contributed by atoms with Crippen molar-refractivity contribution in [3.05, 3.63) is 6.26 Å². The first-order chi connectivity index (χ1) is 4.30. The Kier molecular flexibility index (Phi) is 2.90. The SMILES string of the molecule is [CH2][SH](C)C1CCCCC1.